The van der Waals surface area contributed by atoms with Crippen LogP contribution in [0.5, 0.6) is 0 Å². The number of carbonyl (C=O) groups is 2. The highest BCUT2D eigenvalue weighted by molar-refractivity contribution is 5.76. The lowest BCUT2D eigenvalue weighted by Crippen LogP contribution is -2.35. The predicted molar refractivity (Wildman–Crippen MR) is 47.7 cm³/mol. The molecule has 2 fully saturated rings. The van der Waals surface area contributed by atoms with E-state index in [1.807, 2.05) is 0 Å². The Kier molecular flexibility index (Phi) is 2.63. The number of carbonyl (C=O) groups excluding carboxylic acids is 2. The molecule has 1 aliphatic heterocycles. The van der Waals surface area contributed by atoms with Crippen LogP contribution in [0.25, 0.3) is 0 Å². The monoisotopic (exact) mass is 216 g/mol. The number of fused-ring (bicyclic) bond motifs is 2. The summed E-state index contributed by atoms with van der Waals surface area (Å²) in [4.78, 5) is 22.2. The molecular weight excluding hydrogens is 203 g/mol. The van der Waals surface area contributed by atoms with Crippen LogP contribution in [-0.2, 0) is 19.1 Å². The molecule has 0 radical (unpaired) electrons. The lowest BCUT2D eigenvalue weighted by Gasteiger charge is -2.25. The molecule has 2 aliphatic rings. The summed E-state index contributed by atoms with van der Waals surface area (Å²) < 4.78 is 22.6. The topological polar surface area (TPSA) is 52.6 Å². The van der Waals surface area contributed by atoms with Gasteiger partial charge < -0.3 is 9.47 Å². The van der Waals surface area contributed by atoms with Crippen molar-refractivity contribution < 1.29 is 23.5 Å². The molecule has 4 unspecified atom stereocenters. The van der Waals surface area contributed by atoms with Crippen molar-refractivity contribution in [1.82, 2.24) is 0 Å². The minimum absolute atomic E-state index is 0.0484. The van der Waals surface area contributed by atoms with Gasteiger partial charge in [0.05, 0.1) is 5.92 Å². The highest BCUT2D eigenvalue weighted by atomic mass is 19.1. The molecule has 2 rings (SSSR count). The fourth-order valence-corrected chi connectivity index (χ4v) is 2.06. The summed E-state index contributed by atoms with van der Waals surface area (Å²) in [5, 5.41) is 0. The molecule has 1 aliphatic carbocycles. The zero-order valence-electron chi connectivity index (χ0n) is 8.44. The van der Waals surface area contributed by atoms with Gasteiger partial charge in [-0.3, -0.25) is 4.79 Å². The first-order valence-corrected chi connectivity index (χ1v) is 5.13. The van der Waals surface area contributed by atoms with Crippen molar-refractivity contribution in [3.05, 3.63) is 0 Å². The molecule has 2 bridgehead atoms. The molecule has 5 heteroatoms. The van der Waals surface area contributed by atoms with Crippen molar-refractivity contribution in [3.63, 3.8) is 0 Å². The summed E-state index contributed by atoms with van der Waals surface area (Å²) in [6.45, 7) is 1.13. The predicted octanol–water partition coefficient (Wildman–Crippen LogP) is 0.982. The average Bonchev–Trinajstić information content (AvgIpc) is 2.48. The van der Waals surface area contributed by atoms with Gasteiger partial charge in [-0.1, -0.05) is 0 Å². The van der Waals surface area contributed by atoms with Gasteiger partial charge in [0.25, 0.3) is 0 Å². The highest BCUT2D eigenvalue weighted by Gasteiger charge is 2.45. The van der Waals surface area contributed by atoms with Crippen LogP contribution >= 0.6 is 0 Å². The van der Waals surface area contributed by atoms with E-state index in [2.05, 4.69) is 0 Å². The molecule has 4 atom stereocenters. The smallest absolute Gasteiger partial charge is 0.340 e. The third-order valence-electron chi connectivity index (χ3n) is 2.92. The van der Waals surface area contributed by atoms with Gasteiger partial charge >= 0.3 is 11.9 Å². The van der Waals surface area contributed by atoms with E-state index in [-0.39, 0.29) is 18.0 Å². The zero-order chi connectivity index (χ0) is 11.0. The summed E-state index contributed by atoms with van der Waals surface area (Å²) in [6.07, 6.45) is -0.609. The Morgan fingerprint density at radius 3 is 3.00 bits per heavy atom. The van der Waals surface area contributed by atoms with Gasteiger partial charge in [0.15, 0.2) is 6.17 Å². The molecule has 4 nitrogen and oxygen atoms in total. The van der Waals surface area contributed by atoms with E-state index >= 15 is 0 Å². The molecule has 0 aromatic rings. The van der Waals surface area contributed by atoms with Gasteiger partial charge in [0.2, 0.25) is 0 Å². The second-order valence-corrected chi connectivity index (χ2v) is 4.08. The number of hydrogen-bond acceptors (Lipinski definition) is 4. The molecule has 0 amide bonds. The maximum absolute atomic E-state index is 12.6. The lowest BCUT2D eigenvalue weighted by molar-refractivity contribution is -0.164. The van der Waals surface area contributed by atoms with Gasteiger partial charge in [-0.2, -0.15) is 0 Å². The number of ether oxygens (including phenoxy) is 2. The minimum Gasteiger partial charge on any atom is -0.458 e. The minimum atomic E-state index is -1.63. The molecule has 0 aromatic carbocycles. The van der Waals surface area contributed by atoms with E-state index in [9.17, 15) is 14.0 Å². The first-order chi connectivity index (χ1) is 7.08. The van der Waals surface area contributed by atoms with Gasteiger partial charge in [0, 0.05) is 6.42 Å². The van der Waals surface area contributed by atoms with Crippen LogP contribution in [-0.4, -0.2) is 30.3 Å². The Hall–Kier alpha value is -1.13. The second kappa shape index (κ2) is 3.79. The van der Waals surface area contributed by atoms with Crippen molar-refractivity contribution in [2.45, 2.75) is 44.6 Å². The van der Waals surface area contributed by atoms with E-state index in [4.69, 9.17) is 9.47 Å². The van der Waals surface area contributed by atoms with E-state index in [0.717, 1.165) is 6.92 Å². The number of halogens is 1. The summed E-state index contributed by atoms with van der Waals surface area (Å²) in [5.74, 6) is -1.14. The number of alkyl halides is 1. The second-order valence-electron chi connectivity index (χ2n) is 4.08. The average molecular weight is 216 g/mol. The fourth-order valence-electron chi connectivity index (χ4n) is 2.06. The van der Waals surface area contributed by atoms with E-state index < -0.39 is 18.2 Å². The van der Waals surface area contributed by atoms with Crippen LogP contribution in [0.1, 0.15) is 26.2 Å². The van der Waals surface area contributed by atoms with Crippen LogP contribution in [0, 0.1) is 5.92 Å². The van der Waals surface area contributed by atoms with Gasteiger partial charge in [-0.05, 0) is 19.8 Å². The van der Waals surface area contributed by atoms with Crippen molar-refractivity contribution >= 4 is 11.9 Å². The number of esters is 2. The van der Waals surface area contributed by atoms with Crippen molar-refractivity contribution in [3.8, 4) is 0 Å². The molecule has 1 saturated heterocycles. The first kappa shape index (κ1) is 10.4. The number of hydrogen-bond donors (Lipinski definition) is 0. The fraction of sp³-hybridized carbons (Fsp3) is 0.800. The van der Waals surface area contributed by atoms with E-state index in [0.29, 0.717) is 19.3 Å². The Bertz CT molecular complexity index is 289. The van der Waals surface area contributed by atoms with Gasteiger partial charge in [0.1, 0.15) is 12.2 Å². The van der Waals surface area contributed by atoms with Crippen LogP contribution in [0.4, 0.5) is 4.39 Å². The summed E-state index contributed by atoms with van der Waals surface area (Å²) >= 11 is 0. The molecule has 0 N–H and O–H groups in total. The molecule has 15 heavy (non-hydrogen) atoms. The molecule has 0 spiro atoms. The number of rotatable bonds is 2. The van der Waals surface area contributed by atoms with E-state index in [1.54, 1.807) is 0 Å². The quantitative estimate of drug-likeness (QED) is 0.646. The highest BCUT2D eigenvalue weighted by Crippen LogP contribution is 2.35. The van der Waals surface area contributed by atoms with Crippen molar-refractivity contribution in [2.24, 2.45) is 5.92 Å². The van der Waals surface area contributed by atoms with Gasteiger partial charge in [-0.25, -0.2) is 9.18 Å². The van der Waals surface area contributed by atoms with Crippen LogP contribution in [0.3, 0.4) is 0 Å². The first-order valence-electron chi connectivity index (χ1n) is 5.13. The van der Waals surface area contributed by atoms with Gasteiger partial charge in [-0.15, -0.1) is 0 Å². The van der Waals surface area contributed by atoms with Crippen LogP contribution in [0.15, 0.2) is 0 Å². The Labute approximate surface area is 86.7 Å². The third-order valence-corrected chi connectivity index (χ3v) is 2.92. The van der Waals surface area contributed by atoms with Crippen LogP contribution in [0.2, 0.25) is 0 Å². The molecule has 1 saturated carbocycles. The summed E-state index contributed by atoms with van der Waals surface area (Å²) in [5.41, 5.74) is 0. The SMILES string of the molecule is CC(F)C(=O)OC1CCC2CC1OC2=O. The van der Waals surface area contributed by atoms with Crippen LogP contribution < -0.4 is 0 Å². The maximum Gasteiger partial charge on any atom is 0.340 e. The summed E-state index contributed by atoms with van der Waals surface area (Å²) in [7, 11) is 0. The maximum atomic E-state index is 12.6. The van der Waals surface area contributed by atoms with E-state index in [1.165, 1.54) is 0 Å². The molecule has 1 heterocycles. The Balaban J connectivity index is 1.95. The van der Waals surface area contributed by atoms with Crippen molar-refractivity contribution in [2.75, 3.05) is 0 Å². The Morgan fingerprint density at radius 2 is 2.33 bits per heavy atom. The molecular formula is C10H13FO4. The van der Waals surface area contributed by atoms with Crippen molar-refractivity contribution in [1.29, 1.82) is 0 Å². The third kappa shape index (κ3) is 1.96. The Morgan fingerprint density at radius 1 is 1.60 bits per heavy atom. The zero-order valence-corrected chi connectivity index (χ0v) is 8.44. The normalized spacial score (nSPS) is 35.9. The molecule has 0 aromatic heterocycles. The standard InChI is InChI=1S/C10H13FO4/c1-5(11)9(12)14-7-3-2-6-4-8(7)15-10(6)13/h5-8H,2-4H2,1H3. The lowest BCUT2D eigenvalue weighted by atomic mass is 9.88. The molecule has 84 valence electrons. The largest absolute Gasteiger partial charge is 0.458 e. The summed E-state index contributed by atoms with van der Waals surface area (Å²) in [6, 6.07) is 0.